The van der Waals surface area contributed by atoms with Crippen molar-refractivity contribution in [3.05, 3.63) is 93.9 Å². The molecule has 166 valence electrons. The van der Waals surface area contributed by atoms with Crippen LogP contribution in [0.3, 0.4) is 0 Å². The Kier molecular flexibility index (Phi) is 5.73. The van der Waals surface area contributed by atoms with Crippen LogP contribution in [0, 0.1) is 0 Å². The largest absolute Gasteiger partial charge is 0.502 e. The molecule has 0 aliphatic carbocycles. The molecule has 1 aliphatic heterocycles. The van der Waals surface area contributed by atoms with Gasteiger partial charge in [0.15, 0.2) is 11.4 Å². The van der Waals surface area contributed by atoms with E-state index in [4.69, 9.17) is 0 Å². The van der Waals surface area contributed by atoms with Gasteiger partial charge in [-0.25, -0.2) is 0 Å². The Morgan fingerprint density at radius 3 is 2.09 bits per heavy atom. The van der Waals surface area contributed by atoms with Crippen LogP contribution in [0.2, 0.25) is 0 Å². The topological polar surface area (TPSA) is 75.4 Å². The number of nitrogens with zero attached hydrogens (tertiary/aromatic N) is 3. The van der Waals surface area contributed by atoms with Crippen LogP contribution in [0.15, 0.2) is 71.7 Å². The minimum atomic E-state index is -4.46. The Morgan fingerprint density at radius 2 is 1.56 bits per heavy atom. The third kappa shape index (κ3) is 4.23. The molecule has 1 N–H and O–H groups in total. The van der Waals surface area contributed by atoms with E-state index < -0.39 is 53.9 Å². The van der Waals surface area contributed by atoms with Crippen LogP contribution >= 0.6 is 0 Å². The predicted octanol–water partition coefficient (Wildman–Crippen LogP) is 3.73. The molecule has 0 spiro atoms. The van der Waals surface area contributed by atoms with Crippen LogP contribution in [0.1, 0.15) is 40.0 Å². The van der Waals surface area contributed by atoms with Crippen molar-refractivity contribution in [3.63, 3.8) is 0 Å². The zero-order valence-corrected chi connectivity index (χ0v) is 16.9. The minimum Gasteiger partial charge on any atom is -0.502 e. The number of aromatic nitrogens is 2. The van der Waals surface area contributed by atoms with Crippen molar-refractivity contribution in [2.75, 3.05) is 13.1 Å². The Hall–Kier alpha value is -3.62. The van der Waals surface area contributed by atoms with Crippen molar-refractivity contribution in [2.45, 2.75) is 24.6 Å². The molecule has 2 heterocycles. The maximum absolute atomic E-state index is 12.9. The van der Waals surface area contributed by atoms with Crippen LogP contribution < -0.4 is 5.43 Å². The Bertz CT molecular complexity index is 1120. The monoisotopic (exact) mass is 443 g/mol. The first-order valence-corrected chi connectivity index (χ1v) is 10.0. The smallest absolute Gasteiger partial charge is 0.390 e. The molecule has 0 saturated carbocycles. The summed E-state index contributed by atoms with van der Waals surface area (Å²) in [6.45, 7) is -0.649. The van der Waals surface area contributed by atoms with Gasteiger partial charge in [0, 0.05) is 19.0 Å². The van der Waals surface area contributed by atoms with Gasteiger partial charge in [0.2, 0.25) is 5.43 Å². The summed E-state index contributed by atoms with van der Waals surface area (Å²) in [5.41, 5.74) is 0.462. The van der Waals surface area contributed by atoms with E-state index in [1.54, 1.807) is 0 Å². The summed E-state index contributed by atoms with van der Waals surface area (Å²) in [7, 11) is 0. The lowest BCUT2D eigenvalue weighted by atomic mass is 9.83. The summed E-state index contributed by atoms with van der Waals surface area (Å²) in [4.78, 5) is 26.0. The highest BCUT2D eigenvalue weighted by molar-refractivity contribution is 5.95. The quantitative estimate of drug-likeness (QED) is 0.652. The summed E-state index contributed by atoms with van der Waals surface area (Å²) in [6, 6.07) is 18.0. The van der Waals surface area contributed by atoms with Gasteiger partial charge in [-0.1, -0.05) is 60.7 Å². The molecule has 2 aromatic carbocycles. The first kappa shape index (κ1) is 21.6. The molecule has 0 bridgehead atoms. The van der Waals surface area contributed by atoms with Gasteiger partial charge in [-0.15, -0.1) is 0 Å². The fourth-order valence-corrected chi connectivity index (χ4v) is 4.10. The van der Waals surface area contributed by atoms with Gasteiger partial charge in [-0.2, -0.15) is 18.3 Å². The van der Waals surface area contributed by atoms with Crippen molar-refractivity contribution in [1.82, 2.24) is 14.7 Å². The number of benzene rings is 2. The number of carbonyl (C=O) groups excluding carboxylic acids is 1. The molecule has 0 radical (unpaired) electrons. The molecule has 9 heteroatoms. The van der Waals surface area contributed by atoms with E-state index in [0.717, 1.165) is 22.2 Å². The third-order valence-electron chi connectivity index (χ3n) is 5.56. The summed E-state index contributed by atoms with van der Waals surface area (Å²) < 4.78 is 40.0. The highest BCUT2D eigenvalue weighted by Gasteiger charge is 2.40. The number of fused-ring (bicyclic) bond motifs is 1. The first-order chi connectivity index (χ1) is 15.3. The van der Waals surface area contributed by atoms with Crippen LogP contribution in [-0.4, -0.2) is 45.0 Å². The summed E-state index contributed by atoms with van der Waals surface area (Å²) >= 11 is 0. The third-order valence-corrected chi connectivity index (χ3v) is 5.56. The second kappa shape index (κ2) is 8.49. The number of hydrogen-bond acceptors (Lipinski definition) is 4. The zero-order chi connectivity index (χ0) is 22.9. The molecule has 1 aromatic heterocycles. The highest BCUT2D eigenvalue weighted by Crippen LogP contribution is 2.39. The van der Waals surface area contributed by atoms with E-state index in [2.05, 4.69) is 5.10 Å². The van der Waals surface area contributed by atoms with Gasteiger partial charge < -0.3 is 10.0 Å². The highest BCUT2D eigenvalue weighted by atomic mass is 19.4. The van der Waals surface area contributed by atoms with Crippen molar-refractivity contribution < 1.29 is 23.1 Å². The molecular weight excluding hydrogens is 423 g/mol. The SMILES string of the molecule is O=C1c2c(O)c(=O)cnn2[C@@H](C(c2ccccc2)c2ccccc2)CN1CCC(F)(F)F. The number of rotatable bonds is 5. The fraction of sp³-hybridized carbons (Fsp3) is 0.261. The molecular formula is C23H20F3N3O3. The zero-order valence-electron chi connectivity index (χ0n) is 16.9. The molecule has 1 atom stereocenters. The van der Waals surface area contributed by atoms with Crippen LogP contribution in [0.5, 0.6) is 5.75 Å². The second-order valence-electron chi connectivity index (χ2n) is 7.63. The van der Waals surface area contributed by atoms with Gasteiger partial charge in [0.1, 0.15) is 0 Å². The maximum atomic E-state index is 12.9. The van der Waals surface area contributed by atoms with Gasteiger partial charge in [0.05, 0.1) is 18.7 Å². The molecule has 1 aliphatic rings. The molecule has 4 rings (SSSR count). The average molecular weight is 443 g/mol. The number of carbonyl (C=O) groups is 1. The lowest BCUT2D eigenvalue weighted by Gasteiger charge is -2.39. The molecule has 3 aromatic rings. The number of amides is 1. The molecule has 0 saturated heterocycles. The van der Waals surface area contributed by atoms with Crippen LogP contribution in [-0.2, 0) is 0 Å². The van der Waals surface area contributed by atoms with E-state index in [1.807, 2.05) is 60.7 Å². The predicted molar refractivity (Wildman–Crippen MR) is 111 cm³/mol. The minimum absolute atomic E-state index is 0.0638. The van der Waals surface area contributed by atoms with E-state index in [-0.39, 0.29) is 6.54 Å². The fourth-order valence-electron chi connectivity index (χ4n) is 4.10. The summed E-state index contributed by atoms with van der Waals surface area (Å²) in [5, 5.41) is 14.5. The number of hydrogen-bond donors (Lipinski definition) is 1. The Labute approximate surface area is 181 Å². The van der Waals surface area contributed by atoms with Crippen molar-refractivity contribution in [1.29, 1.82) is 0 Å². The van der Waals surface area contributed by atoms with Gasteiger partial charge in [-0.3, -0.25) is 14.3 Å². The van der Waals surface area contributed by atoms with Gasteiger partial charge in [-0.05, 0) is 11.1 Å². The maximum Gasteiger partial charge on any atom is 0.390 e. The van der Waals surface area contributed by atoms with E-state index >= 15 is 0 Å². The Morgan fingerprint density at radius 1 is 1.00 bits per heavy atom. The van der Waals surface area contributed by atoms with Crippen molar-refractivity contribution in [2.24, 2.45) is 0 Å². The molecule has 0 fully saturated rings. The number of halogens is 3. The van der Waals surface area contributed by atoms with Gasteiger partial charge >= 0.3 is 6.18 Å². The lowest BCUT2D eigenvalue weighted by Crippen LogP contribution is -2.48. The molecule has 6 nitrogen and oxygen atoms in total. The Balaban J connectivity index is 1.87. The van der Waals surface area contributed by atoms with Crippen molar-refractivity contribution >= 4 is 5.91 Å². The number of alkyl halides is 3. The lowest BCUT2D eigenvalue weighted by molar-refractivity contribution is -0.137. The first-order valence-electron chi connectivity index (χ1n) is 10.0. The van der Waals surface area contributed by atoms with E-state index in [9.17, 15) is 27.9 Å². The molecule has 1 amide bonds. The van der Waals surface area contributed by atoms with E-state index in [1.165, 1.54) is 4.68 Å². The number of aromatic hydroxyl groups is 1. The van der Waals surface area contributed by atoms with Crippen LogP contribution in [0.4, 0.5) is 13.2 Å². The van der Waals surface area contributed by atoms with Crippen molar-refractivity contribution in [3.8, 4) is 5.75 Å². The normalized spacial score (nSPS) is 16.3. The van der Waals surface area contributed by atoms with Crippen LogP contribution in [0.25, 0.3) is 0 Å². The second-order valence-corrected chi connectivity index (χ2v) is 7.63. The molecule has 0 unspecified atom stereocenters. The van der Waals surface area contributed by atoms with E-state index in [0.29, 0.717) is 0 Å². The van der Waals surface area contributed by atoms with Gasteiger partial charge in [0.25, 0.3) is 5.91 Å². The standard InChI is InChI=1S/C23H20F3N3O3/c24-23(25,26)11-12-28-14-17(29-20(22(28)32)21(31)18(30)13-27-29)19(15-7-3-1-4-8-15)16-9-5-2-6-10-16/h1-10,13,17,19,31H,11-12,14H2/t17-/m1/s1. The molecule has 32 heavy (non-hydrogen) atoms. The summed E-state index contributed by atoms with van der Waals surface area (Å²) in [5.74, 6) is -2.06. The summed E-state index contributed by atoms with van der Waals surface area (Å²) in [6.07, 6.45) is -4.74. The average Bonchev–Trinajstić information content (AvgIpc) is 2.77.